The Morgan fingerprint density at radius 1 is 1.40 bits per heavy atom. The van der Waals surface area contributed by atoms with Crippen molar-refractivity contribution in [2.45, 2.75) is 63.8 Å². The minimum Gasteiger partial charge on any atom is -0.598 e. The average Bonchev–Trinajstić information content (AvgIpc) is 2.56. The van der Waals surface area contributed by atoms with Crippen LogP contribution in [-0.2, 0) is 11.4 Å². The van der Waals surface area contributed by atoms with Crippen molar-refractivity contribution in [2.75, 3.05) is 13.1 Å². The van der Waals surface area contributed by atoms with Crippen molar-refractivity contribution in [1.29, 1.82) is 0 Å². The van der Waals surface area contributed by atoms with E-state index in [2.05, 4.69) is 54.3 Å². The summed E-state index contributed by atoms with van der Waals surface area (Å²) in [4.78, 5) is 2.51. The van der Waals surface area contributed by atoms with Gasteiger partial charge < -0.3 is 4.55 Å². The zero-order chi connectivity index (χ0) is 18.7. The molecule has 0 aromatic heterocycles. The summed E-state index contributed by atoms with van der Waals surface area (Å²) >= 11 is -1.13. The van der Waals surface area contributed by atoms with E-state index in [-0.39, 0.29) is 16.3 Å². The van der Waals surface area contributed by atoms with Crippen LogP contribution in [0.2, 0.25) is 0 Å². The Bertz CT molecular complexity index is 557. The number of benzene rings is 1. The van der Waals surface area contributed by atoms with Crippen LogP contribution in [0.4, 0.5) is 0 Å². The number of nitrogens with zero attached hydrogens (tertiary/aromatic N) is 1. The van der Waals surface area contributed by atoms with Gasteiger partial charge in [0.25, 0.3) is 0 Å². The minimum absolute atomic E-state index is 0.0150. The second-order valence-corrected chi connectivity index (χ2v) is 10.5. The Morgan fingerprint density at radius 2 is 2.04 bits per heavy atom. The van der Waals surface area contributed by atoms with Crippen LogP contribution in [0.1, 0.15) is 59.1 Å². The Labute approximate surface area is 157 Å². The Kier molecular flexibility index (Phi) is 6.77. The molecule has 0 bridgehead atoms. The maximum atomic E-state index is 12.9. The Hall–Kier alpha value is -0.810. The minimum atomic E-state index is -1.13. The molecule has 140 valence electrons. The maximum Gasteiger partial charge on any atom is 0.136 e. The summed E-state index contributed by atoms with van der Waals surface area (Å²) in [5.74, 6) is 0.678. The molecular formula is C21H34N2OS. The number of likely N-dealkylation sites (tertiary alicyclic amines) is 1. The van der Waals surface area contributed by atoms with Gasteiger partial charge in [0.05, 0.1) is 6.04 Å². The van der Waals surface area contributed by atoms with Crippen LogP contribution in [-0.4, -0.2) is 32.8 Å². The molecule has 1 aromatic rings. The van der Waals surface area contributed by atoms with Crippen molar-refractivity contribution < 1.29 is 4.55 Å². The molecule has 0 amide bonds. The summed E-state index contributed by atoms with van der Waals surface area (Å²) in [6, 6.07) is 10.5. The highest BCUT2D eigenvalue weighted by atomic mass is 32.2. The van der Waals surface area contributed by atoms with E-state index in [1.165, 1.54) is 12.0 Å². The third-order valence-corrected chi connectivity index (χ3v) is 6.85. The normalized spacial score (nSPS) is 27.7. The monoisotopic (exact) mass is 362 g/mol. The lowest BCUT2D eigenvalue weighted by molar-refractivity contribution is 0.0219. The van der Waals surface area contributed by atoms with Gasteiger partial charge in [0.2, 0.25) is 0 Å². The topological polar surface area (TPSA) is 38.3 Å². The highest BCUT2D eigenvalue weighted by Crippen LogP contribution is 2.41. The number of piperidine rings is 1. The van der Waals surface area contributed by atoms with Gasteiger partial charge in [0.1, 0.15) is 4.75 Å². The summed E-state index contributed by atoms with van der Waals surface area (Å²) in [7, 11) is 0. The summed E-state index contributed by atoms with van der Waals surface area (Å²) in [5.41, 5.74) is 1.11. The molecule has 0 spiro atoms. The first-order valence-corrected chi connectivity index (χ1v) is 10.4. The van der Waals surface area contributed by atoms with Crippen LogP contribution < -0.4 is 4.72 Å². The summed E-state index contributed by atoms with van der Waals surface area (Å²) in [6.07, 6.45) is 4.26. The molecule has 1 aliphatic rings. The zero-order valence-corrected chi connectivity index (χ0v) is 17.2. The Balaban J connectivity index is 2.40. The molecule has 2 rings (SSSR count). The van der Waals surface area contributed by atoms with E-state index < -0.39 is 11.4 Å². The van der Waals surface area contributed by atoms with Crippen molar-refractivity contribution >= 4 is 11.4 Å². The van der Waals surface area contributed by atoms with Crippen molar-refractivity contribution in [2.24, 2.45) is 5.92 Å². The fourth-order valence-corrected chi connectivity index (χ4v) is 4.58. The molecule has 1 aliphatic heterocycles. The van der Waals surface area contributed by atoms with E-state index in [1.807, 2.05) is 32.9 Å². The van der Waals surface area contributed by atoms with Gasteiger partial charge in [-0.25, -0.2) is 0 Å². The van der Waals surface area contributed by atoms with Gasteiger partial charge in [-0.3, -0.25) is 4.90 Å². The molecule has 4 heteroatoms. The first-order chi connectivity index (χ1) is 11.7. The first kappa shape index (κ1) is 20.5. The van der Waals surface area contributed by atoms with Gasteiger partial charge in [0.15, 0.2) is 0 Å². The molecule has 1 fully saturated rings. The number of hydrogen-bond donors (Lipinski definition) is 1. The van der Waals surface area contributed by atoms with E-state index in [0.717, 1.165) is 19.5 Å². The third kappa shape index (κ3) is 4.88. The predicted molar refractivity (Wildman–Crippen MR) is 109 cm³/mol. The van der Waals surface area contributed by atoms with E-state index in [1.54, 1.807) is 0 Å². The zero-order valence-electron chi connectivity index (χ0n) is 16.4. The smallest absolute Gasteiger partial charge is 0.136 e. The molecule has 25 heavy (non-hydrogen) atoms. The molecule has 4 atom stereocenters. The van der Waals surface area contributed by atoms with Crippen LogP contribution in [0, 0.1) is 5.92 Å². The highest BCUT2D eigenvalue weighted by molar-refractivity contribution is 7.90. The molecule has 0 radical (unpaired) electrons. The van der Waals surface area contributed by atoms with Gasteiger partial charge in [-0.2, -0.15) is 0 Å². The second kappa shape index (κ2) is 8.26. The summed E-state index contributed by atoms with van der Waals surface area (Å²) in [5, 5.41) is 0. The molecular weight excluding hydrogens is 328 g/mol. The summed E-state index contributed by atoms with van der Waals surface area (Å²) < 4.78 is 16.1. The van der Waals surface area contributed by atoms with Gasteiger partial charge in [-0.15, -0.1) is 11.3 Å². The number of rotatable bonds is 6. The lowest BCUT2D eigenvalue weighted by atomic mass is 9.76. The number of hydrogen-bond acceptors (Lipinski definition) is 3. The van der Waals surface area contributed by atoms with Crippen LogP contribution in [0.5, 0.6) is 0 Å². The summed E-state index contributed by atoms with van der Waals surface area (Å²) in [6.45, 7) is 16.5. The lowest BCUT2D eigenvalue weighted by Crippen LogP contribution is -2.60. The molecule has 3 unspecified atom stereocenters. The van der Waals surface area contributed by atoms with Gasteiger partial charge in [-0.1, -0.05) is 43.3 Å². The quantitative estimate of drug-likeness (QED) is 0.600. The first-order valence-electron chi connectivity index (χ1n) is 9.27. The molecule has 1 aromatic carbocycles. The highest BCUT2D eigenvalue weighted by Gasteiger charge is 2.46. The largest absolute Gasteiger partial charge is 0.598 e. The molecule has 1 heterocycles. The standard InChI is InChI=1S/C21H34N2OS/c1-7-15-23-16-17(2)13-14-21(23,6)19(18-11-9-8-10-12-18)22-25(24)20(3,4)5/h7-12,17,19,22H,1,13-16H2,2-6H3/t17?,19-,21?,25?/m0/s1. The number of nitrogens with one attached hydrogen (secondary N) is 1. The van der Waals surface area contributed by atoms with Crippen LogP contribution in [0.15, 0.2) is 43.0 Å². The molecule has 1 N–H and O–H groups in total. The fraction of sp³-hybridized carbons (Fsp3) is 0.619. The van der Waals surface area contributed by atoms with Crippen molar-refractivity contribution in [3.63, 3.8) is 0 Å². The molecule has 3 nitrogen and oxygen atoms in total. The van der Waals surface area contributed by atoms with Gasteiger partial charge in [0, 0.05) is 30.0 Å². The van der Waals surface area contributed by atoms with Crippen molar-refractivity contribution in [3.8, 4) is 0 Å². The van der Waals surface area contributed by atoms with E-state index in [0.29, 0.717) is 5.92 Å². The van der Waals surface area contributed by atoms with Gasteiger partial charge in [-0.05, 0) is 52.0 Å². The van der Waals surface area contributed by atoms with E-state index in [4.69, 9.17) is 0 Å². The predicted octanol–water partition coefficient (Wildman–Crippen LogP) is 4.46. The maximum absolute atomic E-state index is 12.9. The average molecular weight is 363 g/mol. The molecule has 0 saturated carbocycles. The van der Waals surface area contributed by atoms with Crippen LogP contribution >= 0.6 is 0 Å². The molecule has 1 saturated heterocycles. The van der Waals surface area contributed by atoms with E-state index in [9.17, 15) is 4.55 Å². The van der Waals surface area contributed by atoms with Crippen LogP contribution in [0.3, 0.4) is 0 Å². The van der Waals surface area contributed by atoms with Crippen molar-refractivity contribution in [1.82, 2.24) is 9.62 Å². The van der Waals surface area contributed by atoms with Crippen molar-refractivity contribution in [3.05, 3.63) is 48.6 Å². The third-order valence-electron chi connectivity index (χ3n) is 5.28. The lowest BCUT2D eigenvalue weighted by Gasteiger charge is -2.51. The fourth-order valence-electron chi connectivity index (χ4n) is 3.62. The van der Waals surface area contributed by atoms with Gasteiger partial charge >= 0.3 is 0 Å². The molecule has 0 aliphatic carbocycles. The van der Waals surface area contributed by atoms with E-state index >= 15 is 0 Å². The SMILES string of the molecule is C=CCN1CC(C)CCC1(C)[C@@H](N[S+]([O-])C(C)(C)C)c1ccccc1. The second-order valence-electron chi connectivity index (χ2n) is 8.54. The Morgan fingerprint density at radius 3 is 2.60 bits per heavy atom. The van der Waals surface area contributed by atoms with Crippen LogP contribution in [0.25, 0.3) is 0 Å².